The molecule has 4 heteroatoms. The molecule has 0 spiro atoms. The predicted octanol–water partition coefficient (Wildman–Crippen LogP) is 2.59. The molecule has 21 heavy (non-hydrogen) atoms. The molecule has 2 N–H and O–H groups in total. The van der Waals surface area contributed by atoms with E-state index in [-0.39, 0.29) is 11.3 Å². The van der Waals surface area contributed by atoms with Crippen LogP contribution >= 0.6 is 0 Å². The van der Waals surface area contributed by atoms with Crippen molar-refractivity contribution >= 4 is 11.6 Å². The molecule has 1 aromatic carbocycles. The van der Waals surface area contributed by atoms with Crippen LogP contribution in [0.4, 0.5) is 5.69 Å². The normalized spacial score (nSPS) is 23.2. The Morgan fingerprint density at radius 1 is 1.38 bits per heavy atom. The lowest BCUT2D eigenvalue weighted by Gasteiger charge is -2.52. The first kappa shape index (κ1) is 15.8. The molecular weight excluding hydrogens is 264 g/mol. The lowest BCUT2D eigenvalue weighted by Crippen LogP contribution is -2.58. The number of likely N-dealkylation sites (N-methyl/N-ethyl adjacent to an activating group) is 1. The van der Waals surface area contributed by atoms with Crippen molar-refractivity contribution in [2.24, 2.45) is 5.41 Å². The maximum absolute atomic E-state index is 11.6. The van der Waals surface area contributed by atoms with E-state index in [1.165, 1.54) is 0 Å². The minimum absolute atomic E-state index is 0.0318. The molecule has 1 amide bonds. The molecule has 0 saturated heterocycles. The number of benzene rings is 1. The molecule has 4 nitrogen and oxygen atoms in total. The van der Waals surface area contributed by atoms with Gasteiger partial charge < -0.3 is 15.4 Å². The van der Waals surface area contributed by atoms with Gasteiger partial charge in [0.2, 0.25) is 5.91 Å². The third kappa shape index (κ3) is 3.38. The fourth-order valence-electron chi connectivity index (χ4n) is 2.88. The summed E-state index contributed by atoms with van der Waals surface area (Å²) in [5, 5.41) is 6.27. The first-order valence-corrected chi connectivity index (χ1v) is 7.65. The molecule has 0 radical (unpaired) electrons. The smallest absolute Gasteiger partial charge is 0.224 e. The highest BCUT2D eigenvalue weighted by Gasteiger charge is 2.48. The van der Waals surface area contributed by atoms with Gasteiger partial charge >= 0.3 is 0 Å². The van der Waals surface area contributed by atoms with Gasteiger partial charge in [-0.2, -0.15) is 0 Å². The van der Waals surface area contributed by atoms with Gasteiger partial charge in [-0.1, -0.05) is 32.0 Å². The van der Waals surface area contributed by atoms with Crippen molar-refractivity contribution < 1.29 is 9.53 Å². The third-order valence-corrected chi connectivity index (χ3v) is 4.52. The zero-order chi connectivity index (χ0) is 15.5. The highest BCUT2D eigenvalue weighted by Crippen LogP contribution is 2.44. The Bertz CT molecular complexity index is 499. The van der Waals surface area contributed by atoms with Crippen molar-refractivity contribution in [2.75, 3.05) is 19.0 Å². The molecule has 0 heterocycles. The summed E-state index contributed by atoms with van der Waals surface area (Å²) in [6.07, 6.45) is 1.72. The van der Waals surface area contributed by atoms with Crippen LogP contribution in [0.1, 0.15) is 32.8 Å². The van der Waals surface area contributed by atoms with Crippen LogP contribution in [0.2, 0.25) is 0 Å². The van der Waals surface area contributed by atoms with Crippen LogP contribution in [0.3, 0.4) is 0 Å². The Kier molecular flexibility index (Phi) is 4.88. The zero-order valence-corrected chi connectivity index (χ0v) is 13.4. The molecule has 2 atom stereocenters. The van der Waals surface area contributed by atoms with Gasteiger partial charge in [-0.05, 0) is 25.0 Å². The van der Waals surface area contributed by atoms with E-state index in [1.54, 1.807) is 7.05 Å². The quantitative estimate of drug-likeness (QED) is 0.846. The number of para-hydroxylation sites is 1. The Hall–Kier alpha value is -1.55. The molecule has 1 aromatic rings. The van der Waals surface area contributed by atoms with E-state index in [9.17, 15) is 4.79 Å². The second-order valence-corrected chi connectivity index (χ2v) is 6.21. The molecule has 1 saturated carbocycles. The predicted molar refractivity (Wildman–Crippen MR) is 85.4 cm³/mol. The average molecular weight is 290 g/mol. The van der Waals surface area contributed by atoms with Gasteiger partial charge in [0.1, 0.15) is 0 Å². The summed E-state index contributed by atoms with van der Waals surface area (Å²) < 4.78 is 5.77. The van der Waals surface area contributed by atoms with Gasteiger partial charge in [-0.3, -0.25) is 4.79 Å². The summed E-state index contributed by atoms with van der Waals surface area (Å²) in [5.41, 5.74) is 2.19. The highest BCUT2D eigenvalue weighted by atomic mass is 16.5. The number of nitrogens with one attached hydrogen (secondary N) is 2. The number of anilines is 1. The molecule has 0 bridgehead atoms. The molecule has 116 valence electrons. The van der Waals surface area contributed by atoms with E-state index in [0.717, 1.165) is 24.3 Å². The number of hydrogen-bond acceptors (Lipinski definition) is 3. The molecule has 0 aromatic heterocycles. The van der Waals surface area contributed by atoms with Gasteiger partial charge in [0.15, 0.2) is 0 Å². The fourth-order valence-corrected chi connectivity index (χ4v) is 2.88. The Labute approximate surface area is 127 Å². The van der Waals surface area contributed by atoms with Crippen LogP contribution in [-0.2, 0) is 16.0 Å². The molecular formula is C17H26N2O2. The summed E-state index contributed by atoms with van der Waals surface area (Å²) in [4.78, 5) is 11.6. The molecule has 1 fully saturated rings. The number of hydrogen-bond donors (Lipinski definition) is 2. The summed E-state index contributed by atoms with van der Waals surface area (Å²) in [6.45, 7) is 7.26. The Morgan fingerprint density at radius 3 is 2.71 bits per heavy atom. The van der Waals surface area contributed by atoms with E-state index in [0.29, 0.717) is 18.6 Å². The summed E-state index contributed by atoms with van der Waals surface area (Å²) in [6, 6.07) is 8.39. The van der Waals surface area contributed by atoms with E-state index < -0.39 is 0 Å². The number of carbonyl (C=O) groups is 1. The molecule has 0 aliphatic heterocycles. The second-order valence-electron chi connectivity index (χ2n) is 6.21. The summed E-state index contributed by atoms with van der Waals surface area (Å²) in [7, 11) is 1.67. The lowest BCUT2D eigenvalue weighted by molar-refractivity contribution is -0.119. The standard InChI is InChI=1S/C17H26N2O2/c1-5-21-15-11-14(17(15,2)3)19-13-9-7-6-8-12(13)10-16(20)18-4/h6-9,14-15,19H,5,10-11H2,1-4H3,(H,18,20). The monoisotopic (exact) mass is 290 g/mol. The fraction of sp³-hybridized carbons (Fsp3) is 0.588. The highest BCUT2D eigenvalue weighted by molar-refractivity contribution is 5.80. The average Bonchev–Trinajstić information content (AvgIpc) is 2.47. The van der Waals surface area contributed by atoms with Crippen LogP contribution < -0.4 is 10.6 Å². The van der Waals surface area contributed by atoms with Crippen molar-refractivity contribution in [1.29, 1.82) is 0 Å². The molecule has 2 unspecified atom stereocenters. The maximum Gasteiger partial charge on any atom is 0.224 e. The summed E-state index contributed by atoms with van der Waals surface area (Å²) in [5.74, 6) is 0.0318. The van der Waals surface area contributed by atoms with Crippen molar-refractivity contribution in [3.05, 3.63) is 29.8 Å². The van der Waals surface area contributed by atoms with Gasteiger partial charge in [0.05, 0.1) is 12.5 Å². The number of amides is 1. The van der Waals surface area contributed by atoms with Gasteiger partial charge in [0, 0.05) is 30.8 Å². The minimum atomic E-state index is 0.0318. The van der Waals surface area contributed by atoms with Crippen LogP contribution in [-0.4, -0.2) is 31.7 Å². The number of ether oxygens (including phenoxy) is 1. The van der Waals surface area contributed by atoms with Crippen LogP contribution in [0.5, 0.6) is 0 Å². The van der Waals surface area contributed by atoms with E-state index in [1.807, 2.05) is 31.2 Å². The largest absolute Gasteiger partial charge is 0.381 e. The second kappa shape index (κ2) is 6.48. The Morgan fingerprint density at radius 2 is 2.10 bits per heavy atom. The summed E-state index contributed by atoms with van der Waals surface area (Å²) >= 11 is 0. The SMILES string of the molecule is CCOC1CC(Nc2ccccc2CC(=O)NC)C1(C)C. The van der Waals surface area contributed by atoms with E-state index >= 15 is 0 Å². The molecule has 1 aliphatic carbocycles. The van der Waals surface area contributed by atoms with E-state index in [2.05, 4.69) is 24.5 Å². The molecule has 2 rings (SSSR count). The van der Waals surface area contributed by atoms with Crippen LogP contribution in [0.15, 0.2) is 24.3 Å². The van der Waals surface area contributed by atoms with Gasteiger partial charge in [-0.15, -0.1) is 0 Å². The zero-order valence-electron chi connectivity index (χ0n) is 13.4. The lowest BCUT2D eigenvalue weighted by atomic mass is 9.64. The third-order valence-electron chi connectivity index (χ3n) is 4.52. The first-order valence-electron chi connectivity index (χ1n) is 7.65. The van der Waals surface area contributed by atoms with Gasteiger partial charge in [0.25, 0.3) is 0 Å². The van der Waals surface area contributed by atoms with Crippen molar-refractivity contribution in [3.8, 4) is 0 Å². The van der Waals surface area contributed by atoms with Gasteiger partial charge in [-0.25, -0.2) is 0 Å². The van der Waals surface area contributed by atoms with Crippen molar-refractivity contribution in [2.45, 2.75) is 45.8 Å². The number of carbonyl (C=O) groups excluding carboxylic acids is 1. The van der Waals surface area contributed by atoms with Crippen LogP contribution in [0.25, 0.3) is 0 Å². The van der Waals surface area contributed by atoms with Crippen molar-refractivity contribution in [1.82, 2.24) is 5.32 Å². The number of rotatable bonds is 6. The minimum Gasteiger partial charge on any atom is -0.381 e. The van der Waals surface area contributed by atoms with Crippen molar-refractivity contribution in [3.63, 3.8) is 0 Å². The molecule has 1 aliphatic rings. The first-order chi connectivity index (χ1) is 9.98. The topological polar surface area (TPSA) is 50.4 Å². The van der Waals surface area contributed by atoms with Crippen LogP contribution in [0, 0.1) is 5.41 Å². The maximum atomic E-state index is 11.6. The Balaban J connectivity index is 2.06. The van der Waals surface area contributed by atoms with E-state index in [4.69, 9.17) is 4.74 Å².